The summed E-state index contributed by atoms with van der Waals surface area (Å²) in [6.45, 7) is 0. The van der Waals surface area contributed by atoms with Crippen molar-refractivity contribution in [2.24, 2.45) is 0 Å². The fraction of sp³-hybridized carbons (Fsp3) is 0. The number of aromatic nitrogens is 6. The Balaban J connectivity index is 1.35. The van der Waals surface area contributed by atoms with Crippen molar-refractivity contribution in [1.29, 1.82) is 0 Å². The van der Waals surface area contributed by atoms with Crippen molar-refractivity contribution in [3.63, 3.8) is 0 Å². The van der Waals surface area contributed by atoms with Crippen LogP contribution in [0, 0.1) is 0 Å². The van der Waals surface area contributed by atoms with Crippen LogP contribution in [0.1, 0.15) is 0 Å². The smallest absolute Gasteiger partial charge is 0.165 e. The first-order chi connectivity index (χ1) is 20.8. The van der Waals surface area contributed by atoms with E-state index < -0.39 is 0 Å². The number of hydrogen-bond acceptors (Lipinski definition) is 6. The van der Waals surface area contributed by atoms with Crippen molar-refractivity contribution in [2.75, 3.05) is 0 Å². The molecule has 0 aliphatic heterocycles. The van der Waals surface area contributed by atoms with Crippen LogP contribution in [0.25, 0.3) is 77.9 Å². The SMILES string of the molecule is c1cncc(-c2nc(-c3cccnc3)nc(-c3cccc(-c4nc5ccccc5c5c4ccc4ccccc45)c3)n2)c1. The van der Waals surface area contributed by atoms with Crippen LogP contribution >= 0.6 is 0 Å². The first kappa shape index (κ1) is 24.0. The molecule has 4 aromatic heterocycles. The minimum atomic E-state index is 0.554. The summed E-state index contributed by atoms with van der Waals surface area (Å²) >= 11 is 0. The zero-order valence-corrected chi connectivity index (χ0v) is 22.4. The van der Waals surface area contributed by atoms with Crippen molar-refractivity contribution in [3.05, 3.63) is 134 Å². The van der Waals surface area contributed by atoms with Gasteiger partial charge in [0.2, 0.25) is 0 Å². The lowest BCUT2D eigenvalue weighted by molar-refractivity contribution is 1.07. The van der Waals surface area contributed by atoms with Crippen molar-refractivity contribution in [2.45, 2.75) is 0 Å². The summed E-state index contributed by atoms with van der Waals surface area (Å²) in [5.41, 5.74) is 5.37. The normalized spacial score (nSPS) is 11.3. The topological polar surface area (TPSA) is 77.3 Å². The van der Waals surface area contributed by atoms with Crippen LogP contribution in [0.3, 0.4) is 0 Å². The molecule has 0 bridgehead atoms. The maximum atomic E-state index is 5.18. The van der Waals surface area contributed by atoms with Crippen molar-refractivity contribution in [1.82, 2.24) is 29.9 Å². The molecule has 0 radical (unpaired) electrons. The van der Waals surface area contributed by atoms with Gasteiger partial charge in [0, 0.05) is 63.2 Å². The highest BCUT2D eigenvalue weighted by molar-refractivity contribution is 6.22. The van der Waals surface area contributed by atoms with E-state index >= 15 is 0 Å². The fourth-order valence-corrected chi connectivity index (χ4v) is 5.50. The Morgan fingerprint density at radius 3 is 1.74 bits per heavy atom. The van der Waals surface area contributed by atoms with Gasteiger partial charge in [0.05, 0.1) is 11.2 Å². The highest BCUT2D eigenvalue weighted by Crippen LogP contribution is 2.37. The monoisotopic (exact) mass is 538 g/mol. The van der Waals surface area contributed by atoms with E-state index in [1.165, 1.54) is 16.2 Å². The van der Waals surface area contributed by atoms with E-state index in [-0.39, 0.29) is 0 Å². The molecular weight excluding hydrogens is 516 g/mol. The van der Waals surface area contributed by atoms with Crippen LogP contribution in [-0.4, -0.2) is 29.9 Å². The highest BCUT2D eigenvalue weighted by Gasteiger charge is 2.16. The summed E-state index contributed by atoms with van der Waals surface area (Å²) in [5.74, 6) is 1.68. The molecule has 42 heavy (non-hydrogen) atoms. The minimum Gasteiger partial charge on any atom is -0.264 e. The third kappa shape index (κ3) is 4.14. The standard InChI is InChI=1S/C36H22N6/c1-2-13-28-23(8-1)16-17-30-32(28)29-14-3-4-15-31(29)39-33(30)24-9-5-10-25(20-24)34-40-35(26-11-6-18-37-21-26)42-36(41-34)27-12-7-19-38-22-27/h1-22H. The molecule has 4 heterocycles. The molecule has 0 atom stereocenters. The van der Waals surface area contributed by atoms with Gasteiger partial charge in [-0.15, -0.1) is 0 Å². The first-order valence-electron chi connectivity index (χ1n) is 13.7. The highest BCUT2D eigenvalue weighted by atomic mass is 15.0. The molecular formula is C36H22N6. The molecule has 196 valence electrons. The zero-order valence-electron chi connectivity index (χ0n) is 22.4. The Hall–Kier alpha value is -5.88. The van der Waals surface area contributed by atoms with E-state index in [2.05, 4.69) is 76.7 Å². The summed E-state index contributed by atoms with van der Waals surface area (Å²) in [5, 5.41) is 5.87. The van der Waals surface area contributed by atoms with E-state index in [1.54, 1.807) is 24.8 Å². The average molecular weight is 539 g/mol. The number of pyridine rings is 3. The molecule has 6 nitrogen and oxygen atoms in total. The van der Waals surface area contributed by atoms with Crippen LogP contribution in [0.4, 0.5) is 0 Å². The van der Waals surface area contributed by atoms with E-state index in [0.717, 1.165) is 44.2 Å². The Morgan fingerprint density at radius 2 is 1.02 bits per heavy atom. The Kier molecular flexibility index (Phi) is 5.67. The van der Waals surface area contributed by atoms with Gasteiger partial charge in [-0.1, -0.05) is 72.8 Å². The summed E-state index contributed by atoms with van der Waals surface area (Å²) in [6, 6.07) is 37.2. The summed E-state index contributed by atoms with van der Waals surface area (Å²) in [4.78, 5) is 28.3. The fourth-order valence-electron chi connectivity index (χ4n) is 5.50. The maximum absolute atomic E-state index is 5.18. The molecule has 8 rings (SSSR count). The molecule has 0 N–H and O–H groups in total. The van der Waals surface area contributed by atoms with Crippen molar-refractivity contribution < 1.29 is 0 Å². The molecule has 6 heteroatoms. The number of benzene rings is 4. The van der Waals surface area contributed by atoms with Crippen LogP contribution in [0.15, 0.2) is 134 Å². The predicted octanol–water partition coefficient (Wildman–Crippen LogP) is 8.18. The van der Waals surface area contributed by atoms with Gasteiger partial charge in [-0.2, -0.15) is 0 Å². The van der Waals surface area contributed by atoms with Gasteiger partial charge >= 0.3 is 0 Å². The minimum absolute atomic E-state index is 0.554. The molecule has 0 unspecified atom stereocenters. The second kappa shape index (κ2) is 9.94. The number of hydrogen-bond donors (Lipinski definition) is 0. The van der Waals surface area contributed by atoms with E-state index in [9.17, 15) is 0 Å². The Bertz CT molecular complexity index is 2180. The first-order valence-corrected chi connectivity index (χ1v) is 13.7. The molecule has 0 aliphatic carbocycles. The van der Waals surface area contributed by atoms with Crippen LogP contribution in [-0.2, 0) is 0 Å². The predicted molar refractivity (Wildman–Crippen MR) is 167 cm³/mol. The van der Waals surface area contributed by atoms with Gasteiger partial charge in [-0.05, 0) is 47.2 Å². The van der Waals surface area contributed by atoms with Gasteiger partial charge in [-0.3, -0.25) is 9.97 Å². The van der Waals surface area contributed by atoms with E-state index in [0.29, 0.717) is 17.5 Å². The molecule has 0 fully saturated rings. The average Bonchev–Trinajstić information content (AvgIpc) is 3.08. The van der Waals surface area contributed by atoms with Gasteiger partial charge in [0.15, 0.2) is 17.5 Å². The maximum Gasteiger partial charge on any atom is 0.165 e. The summed E-state index contributed by atoms with van der Waals surface area (Å²) < 4.78 is 0. The summed E-state index contributed by atoms with van der Waals surface area (Å²) in [6.07, 6.45) is 7.00. The zero-order chi connectivity index (χ0) is 27.9. The molecule has 4 aromatic carbocycles. The van der Waals surface area contributed by atoms with E-state index in [1.807, 2.05) is 42.5 Å². The second-order valence-electron chi connectivity index (χ2n) is 10.1. The Labute approximate surface area is 241 Å². The van der Waals surface area contributed by atoms with Gasteiger partial charge in [0.1, 0.15) is 0 Å². The molecule has 8 aromatic rings. The molecule has 0 amide bonds. The molecule has 0 aliphatic rings. The van der Waals surface area contributed by atoms with Gasteiger partial charge in [-0.25, -0.2) is 19.9 Å². The lowest BCUT2D eigenvalue weighted by Crippen LogP contribution is -2.00. The van der Waals surface area contributed by atoms with Crippen LogP contribution in [0.2, 0.25) is 0 Å². The number of para-hydroxylation sites is 1. The van der Waals surface area contributed by atoms with Gasteiger partial charge in [0.25, 0.3) is 0 Å². The van der Waals surface area contributed by atoms with Crippen LogP contribution in [0.5, 0.6) is 0 Å². The quantitative estimate of drug-likeness (QED) is 0.210. The number of rotatable bonds is 4. The summed E-state index contributed by atoms with van der Waals surface area (Å²) in [7, 11) is 0. The molecule has 0 saturated carbocycles. The second-order valence-corrected chi connectivity index (χ2v) is 10.1. The molecule has 0 spiro atoms. The third-order valence-corrected chi connectivity index (χ3v) is 7.46. The lowest BCUT2D eigenvalue weighted by Gasteiger charge is -2.13. The number of fused-ring (bicyclic) bond motifs is 5. The van der Waals surface area contributed by atoms with Gasteiger partial charge < -0.3 is 0 Å². The van der Waals surface area contributed by atoms with Crippen molar-refractivity contribution >= 4 is 32.4 Å². The largest absolute Gasteiger partial charge is 0.264 e. The third-order valence-electron chi connectivity index (χ3n) is 7.46. The Morgan fingerprint density at radius 1 is 0.405 bits per heavy atom. The van der Waals surface area contributed by atoms with E-state index in [4.69, 9.17) is 19.9 Å². The number of nitrogens with zero attached hydrogens (tertiary/aromatic N) is 6. The molecule has 0 saturated heterocycles. The van der Waals surface area contributed by atoms with Crippen LogP contribution < -0.4 is 0 Å². The lowest BCUT2D eigenvalue weighted by atomic mass is 9.95. The van der Waals surface area contributed by atoms with Crippen molar-refractivity contribution in [3.8, 4) is 45.4 Å².